The van der Waals surface area contributed by atoms with Crippen LogP contribution in [-0.2, 0) is 0 Å². The van der Waals surface area contributed by atoms with Gasteiger partial charge in [-0.2, -0.15) is 0 Å². The van der Waals surface area contributed by atoms with Gasteiger partial charge in [-0.1, -0.05) is 32.4 Å². The second kappa shape index (κ2) is 5.66. The largest absolute Gasteiger partial charge is 0.506 e. The van der Waals surface area contributed by atoms with Crippen LogP contribution in [0.25, 0.3) is 0 Å². The maximum Gasteiger partial charge on any atom is 0.134 e. The van der Waals surface area contributed by atoms with E-state index in [1.54, 1.807) is 18.2 Å². The SMILES string of the molecule is CCC(C)[C@@H](O)[C@@H](N)c1cccc(Br)c1O. The van der Waals surface area contributed by atoms with Gasteiger partial charge >= 0.3 is 0 Å². The molecule has 1 aromatic carbocycles. The predicted molar refractivity (Wildman–Crippen MR) is 68.2 cm³/mol. The van der Waals surface area contributed by atoms with E-state index in [-0.39, 0.29) is 11.7 Å². The summed E-state index contributed by atoms with van der Waals surface area (Å²) in [6.07, 6.45) is 0.203. The lowest BCUT2D eigenvalue weighted by Gasteiger charge is -2.25. The molecule has 0 aliphatic heterocycles. The lowest BCUT2D eigenvalue weighted by Crippen LogP contribution is -2.31. The Kier molecular flexibility index (Phi) is 4.77. The highest BCUT2D eigenvalue weighted by atomic mass is 79.9. The summed E-state index contributed by atoms with van der Waals surface area (Å²) < 4.78 is 0.594. The molecule has 0 aliphatic rings. The molecule has 1 unspecified atom stereocenters. The molecule has 90 valence electrons. The van der Waals surface area contributed by atoms with Crippen LogP contribution >= 0.6 is 15.9 Å². The molecule has 3 nitrogen and oxygen atoms in total. The summed E-state index contributed by atoms with van der Waals surface area (Å²) in [6, 6.07) is 4.70. The number of hydrogen-bond donors (Lipinski definition) is 3. The number of nitrogens with two attached hydrogens (primary N) is 1. The fraction of sp³-hybridized carbons (Fsp3) is 0.500. The van der Waals surface area contributed by atoms with Gasteiger partial charge in [0.2, 0.25) is 0 Å². The minimum atomic E-state index is -0.648. The van der Waals surface area contributed by atoms with Crippen molar-refractivity contribution in [2.75, 3.05) is 0 Å². The number of hydrogen-bond acceptors (Lipinski definition) is 3. The van der Waals surface area contributed by atoms with Crippen molar-refractivity contribution in [3.8, 4) is 5.75 Å². The molecular weight excluding hydrogens is 270 g/mol. The Bertz CT molecular complexity index is 357. The Hall–Kier alpha value is -0.580. The molecule has 1 aromatic rings. The van der Waals surface area contributed by atoms with Crippen molar-refractivity contribution in [1.82, 2.24) is 0 Å². The van der Waals surface area contributed by atoms with Crippen molar-refractivity contribution in [2.45, 2.75) is 32.4 Å². The highest BCUT2D eigenvalue weighted by molar-refractivity contribution is 9.10. The molecule has 0 saturated heterocycles. The fourth-order valence-corrected chi connectivity index (χ4v) is 1.96. The van der Waals surface area contributed by atoms with Gasteiger partial charge in [0, 0.05) is 5.56 Å². The molecule has 16 heavy (non-hydrogen) atoms. The number of rotatable bonds is 4. The van der Waals surface area contributed by atoms with Crippen LogP contribution in [0.3, 0.4) is 0 Å². The lowest BCUT2D eigenvalue weighted by molar-refractivity contribution is 0.0870. The quantitative estimate of drug-likeness (QED) is 0.797. The average Bonchev–Trinajstić information content (AvgIpc) is 2.29. The highest BCUT2D eigenvalue weighted by Gasteiger charge is 2.24. The molecule has 3 atom stereocenters. The van der Waals surface area contributed by atoms with Gasteiger partial charge in [-0.05, 0) is 27.9 Å². The number of para-hydroxylation sites is 1. The lowest BCUT2D eigenvalue weighted by atomic mass is 9.91. The van der Waals surface area contributed by atoms with E-state index in [0.717, 1.165) is 6.42 Å². The summed E-state index contributed by atoms with van der Waals surface area (Å²) >= 11 is 3.23. The Morgan fingerprint density at radius 2 is 2.06 bits per heavy atom. The van der Waals surface area contributed by atoms with E-state index in [2.05, 4.69) is 15.9 Å². The van der Waals surface area contributed by atoms with Crippen LogP contribution in [0, 0.1) is 5.92 Å². The van der Waals surface area contributed by atoms with Gasteiger partial charge in [-0.3, -0.25) is 0 Å². The number of phenols is 1. The first kappa shape index (κ1) is 13.5. The van der Waals surface area contributed by atoms with Gasteiger partial charge in [-0.15, -0.1) is 0 Å². The number of phenolic OH excluding ortho intramolecular Hbond substituents is 1. The van der Waals surface area contributed by atoms with Gasteiger partial charge in [0.15, 0.2) is 0 Å². The fourth-order valence-electron chi connectivity index (χ4n) is 1.58. The van der Waals surface area contributed by atoms with Crippen LogP contribution in [0.5, 0.6) is 5.75 Å². The molecule has 0 saturated carbocycles. The number of aliphatic hydroxyl groups excluding tert-OH is 1. The zero-order valence-corrected chi connectivity index (χ0v) is 11.1. The third-order valence-electron chi connectivity index (χ3n) is 2.97. The summed E-state index contributed by atoms with van der Waals surface area (Å²) in [5.41, 5.74) is 6.53. The van der Waals surface area contributed by atoms with Crippen molar-refractivity contribution in [1.29, 1.82) is 0 Å². The van der Waals surface area contributed by atoms with Gasteiger partial charge in [0.25, 0.3) is 0 Å². The van der Waals surface area contributed by atoms with Gasteiger partial charge in [0.05, 0.1) is 16.6 Å². The molecule has 0 bridgehead atoms. The number of aliphatic hydroxyl groups is 1. The van der Waals surface area contributed by atoms with E-state index >= 15 is 0 Å². The van der Waals surface area contributed by atoms with E-state index in [1.165, 1.54) is 0 Å². The van der Waals surface area contributed by atoms with Crippen LogP contribution in [0.2, 0.25) is 0 Å². The highest BCUT2D eigenvalue weighted by Crippen LogP contribution is 2.33. The maximum absolute atomic E-state index is 10.0. The molecule has 0 aromatic heterocycles. The molecule has 4 N–H and O–H groups in total. The van der Waals surface area contributed by atoms with Crippen molar-refractivity contribution in [3.63, 3.8) is 0 Å². The molecule has 0 heterocycles. The van der Waals surface area contributed by atoms with Crippen molar-refractivity contribution < 1.29 is 10.2 Å². The molecule has 0 spiro atoms. The zero-order valence-electron chi connectivity index (χ0n) is 9.52. The topological polar surface area (TPSA) is 66.5 Å². The van der Waals surface area contributed by atoms with Crippen LogP contribution in [0.15, 0.2) is 22.7 Å². The zero-order chi connectivity index (χ0) is 12.3. The number of halogens is 1. The Morgan fingerprint density at radius 1 is 1.44 bits per heavy atom. The van der Waals surface area contributed by atoms with Crippen molar-refractivity contribution in [2.24, 2.45) is 11.7 Å². The molecule has 0 radical (unpaired) electrons. The minimum Gasteiger partial charge on any atom is -0.506 e. The third kappa shape index (κ3) is 2.75. The van der Waals surface area contributed by atoms with E-state index in [1.807, 2.05) is 13.8 Å². The Morgan fingerprint density at radius 3 is 2.62 bits per heavy atom. The first-order valence-corrected chi connectivity index (χ1v) is 6.19. The van der Waals surface area contributed by atoms with Gasteiger partial charge in [0.1, 0.15) is 5.75 Å². The average molecular weight is 288 g/mol. The predicted octanol–water partition coefficient (Wildman–Crippen LogP) is 2.56. The number of benzene rings is 1. The standard InChI is InChI=1S/C12H18BrNO2/c1-3-7(2)11(15)10(14)8-5-4-6-9(13)12(8)16/h4-7,10-11,15-16H,3,14H2,1-2H3/t7?,10-,11+/m0/s1. The van der Waals surface area contributed by atoms with Gasteiger partial charge < -0.3 is 15.9 Å². The molecule has 4 heteroatoms. The summed E-state index contributed by atoms with van der Waals surface area (Å²) in [6.45, 7) is 3.95. The first-order valence-electron chi connectivity index (χ1n) is 5.40. The van der Waals surface area contributed by atoms with Crippen molar-refractivity contribution >= 4 is 15.9 Å². The Balaban J connectivity index is 2.96. The van der Waals surface area contributed by atoms with Crippen LogP contribution < -0.4 is 5.73 Å². The minimum absolute atomic E-state index is 0.105. The smallest absolute Gasteiger partial charge is 0.134 e. The second-order valence-electron chi connectivity index (χ2n) is 4.08. The van der Waals surface area contributed by atoms with E-state index < -0.39 is 12.1 Å². The van der Waals surface area contributed by atoms with Crippen molar-refractivity contribution in [3.05, 3.63) is 28.2 Å². The summed E-state index contributed by atoms with van der Waals surface area (Å²) in [5.74, 6) is 0.214. The molecule has 0 aliphatic carbocycles. The summed E-state index contributed by atoms with van der Waals surface area (Å²) in [7, 11) is 0. The van der Waals surface area contributed by atoms with Crippen LogP contribution in [-0.4, -0.2) is 16.3 Å². The monoisotopic (exact) mass is 287 g/mol. The molecule has 0 amide bonds. The molecule has 1 rings (SSSR count). The molecule has 0 fully saturated rings. The van der Waals surface area contributed by atoms with E-state index in [9.17, 15) is 10.2 Å². The Labute approximate surface area is 104 Å². The maximum atomic E-state index is 10.0. The normalized spacial score (nSPS) is 16.8. The van der Waals surface area contributed by atoms with E-state index in [0.29, 0.717) is 10.0 Å². The van der Waals surface area contributed by atoms with E-state index in [4.69, 9.17) is 5.73 Å². The second-order valence-corrected chi connectivity index (χ2v) is 4.93. The van der Waals surface area contributed by atoms with Crippen LogP contribution in [0.1, 0.15) is 31.9 Å². The summed E-state index contributed by atoms with van der Waals surface area (Å²) in [5, 5.41) is 19.8. The number of aromatic hydroxyl groups is 1. The summed E-state index contributed by atoms with van der Waals surface area (Å²) in [4.78, 5) is 0. The van der Waals surface area contributed by atoms with Crippen LogP contribution in [0.4, 0.5) is 0 Å². The van der Waals surface area contributed by atoms with Gasteiger partial charge in [-0.25, -0.2) is 0 Å². The molecular formula is C12H18BrNO2. The third-order valence-corrected chi connectivity index (χ3v) is 3.61. The first-order chi connectivity index (χ1) is 7.49.